The molecule has 1 saturated heterocycles. The Hall–Kier alpha value is -1.95. The minimum atomic E-state index is 0.451. The van der Waals surface area contributed by atoms with E-state index in [-0.39, 0.29) is 0 Å². The number of anilines is 1. The third-order valence-corrected chi connectivity index (χ3v) is 4.53. The zero-order valence-electron chi connectivity index (χ0n) is 12.3. The highest BCUT2D eigenvalue weighted by molar-refractivity contribution is 5.50. The van der Waals surface area contributed by atoms with Crippen LogP contribution in [0.1, 0.15) is 23.7 Å². The molecule has 0 bridgehead atoms. The first-order valence-corrected chi connectivity index (χ1v) is 7.56. The number of nitrogens with zero attached hydrogens (tertiary/aromatic N) is 6. The van der Waals surface area contributed by atoms with Crippen molar-refractivity contribution in [3.8, 4) is 0 Å². The van der Waals surface area contributed by atoms with Crippen molar-refractivity contribution >= 4 is 5.82 Å². The van der Waals surface area contributed by atoms with Crippen molar-refractivity contribution in [1.82, 2.24) is 24.6 Å². The molecule has 4 rings (SSSR count). The molecule has 4 heterocycles. The van der Waals surface area contributed by atoms with Crippen LogP contribution in [0.3, 0.4) is 0 Å². The van der Waals surface area contributed by atoms with Crippen molar-refractivity contribution in [2.24, 2.45) is 0 Å². The lowest BCUT2D eigenvalue weighted by Crippen LogP contribution is -2.31. The Labute approximate surface area is 124 Å². The number of hydrogen-bond donors (Lipinski definition) is 0. The molecule has 2 aliphatic heterocycles. The van der Waals surface area contributed by atoms with Gasteiger partial charge in [-0.25, -0.2) is 9.97 Å². The summed E-state index contributed by atoms with van der Waals surface area (Å²) in [6, 6.07) is 2.44. The molecule has 0 amide bonds. The molecule has 0 spiro atoms. The molecule has 0 radical (unpaired) electrons. The molecule has 2 aromatic heterocycles. The van der Waals surface area contributed by atoms with Crippen LogP contribution in [0.4, 0.5) is 5.82 Å². The predicted molar refractivity (Wildman–Crippen MR) is 80.2 cm³/mol. The van der Waals surface area contributed by atoms with E-state index < -0.39 is 0 Å². The van der Waals surface area contributed by atoms with Crippen LogP contribution in [0.15, 0.2) is 24.8 Å². The topological polar surface area (TPSA) is 50.1 Å². The Balaban J connectivity index is 1.60. The second-order valence-electron chi connectivity index (χ2n) is 5.98. The van der Waals surface area contributed by atoms with E-state index in [0.717, 1.165) is 44.8 Å². The molecular formula is C15H20N6. The zero-order chi connectivity index (χ0) is 14.2. The summed E-state index contributed by atoms with van der Waals surface area (Å²) in [4.78, 5) is 13.8. The molecule has 1 unspecified atom stereocenters. The minimum Gasteiger partial charge on any atom is -0.354 e. The van der Waals surface area contributed by atoms with Crippen LogP contribution < -0.4 is 4.90 Å². The monoisotopic (exact) mass is 284 g/mol. The van der Waals surface area contributed by atoms with Crippen LogP contribution in [0.25, 0.3) is 0 Å². The average Bonchev–Trinajstić information content (AvgIpc) is 3.17. The molecule has 0 saturated carbocycles. The summed E-state index contributed by atoms with van der Waals surface area (Å²) in [5.41, 5.74) is 2.54. The van der Waals surface area contributed by atoms with Crippen molar-refractivity contribution in [2.75, 3.05) is 31.6 Å². The maximum atomic E-state index is 4.58. The number of hydrogen-bond acceptors (Lipinski definition) is 5. The molecule has 2 aromatic rings. The molecule has 0 aliphatic carbocycles. The smallest absolute Gasteiger partial charge is 0.136 e. The Bertz CT molecular complexity index is 623. The summed E-state index contributed by atoms with van der Waals surface area (Å²) in [5.74, 6) is 1.13. The lowest BCUT2D eigenvalue weighted by molar-refractivity contribution is 0.309. The Kier molecular flexibility index (Phi) is 3.11. The number of aromatic nitrogens is 4. The molecule has 6 heteroatoms. The first-order valence-electron chi connectivity index (χ1n) is 7.56. The maximum Gasteiger partial charge on any atom is 0.136 e. The summed E-state index contributed by atoms with van der Waals surface area (Å²) in [6.07, 6.45) is 7.77. The van der Waals surface area contributed by atoms with E-state index in [0.29, 0.717) is 6.04 Å². The summed E-state index contributed by atoms with van der Waals surface area (Å²) in [6.45, 7) is 4.06. The molecule has 2 aliphatic rings. The molecular weight excluding hydrogens is 264 g/mol. The summed E-state index contributed by atoms with van der Waals surface area (Å²) in [7, 11) is 2.16. The Morgan fingerprint density at radius 1 is 1.24 bits per heavy atom. The van der Waals surface area contributed by atoms with E-state index in [9.17, 15) is 0 Å². The van der Waals surface area contributed by atoms with Gasteiger partial charge in [0.1, 0.15) is 12.1 Å². The molecule has 0 aromatic carbocycles. The van der Waals surface area contributed by atoms with E-state index in [4.69, 9.17) is 0 Å². The highest BCUT2D eigenvalue weighted by Gasteiger charge is 2.29. The maximum absolute atomic E-state index is 4.58. The highest BCUT2D eigenvalue weighted by Crippen LogP contribution is 2.30. The average molecular weight is 284 g/mol. The van der Waals surface area contributed by atoms with E-state index in [1.54, 1.807) is 6.33 Å². The quantitative estimate of drug-likeness (QED) is 0.827. The van der Waals surface area contributed by atoms with Gasteiger partial charge in [-0.1, -0.05) is 0 Å². The molecule has 1 fully saturated rings. The zero-order valence-corrected chi connectivity index (χ0v) is 12.3. The standard InChI is InChI=1S/C15H20N6/c1-19-7-4-14-13(10-19)15(17-11-16-14)20-8-3-12(9-20)21-6-2-5-18-21/h2,5-6,11-12H,3-4,7-10H2,1H3. The number of likely N-dealkylation sites (N-methyl/N-ethyl adjacent to an activating group) is 1. The van der Waals surface area contributed by atoms with Gasteiger partial charge < -0.3 is 9.80 Å². The third-order valence-electron chi connectivity index (χ3n) is 4.53. The van der Waals surface area contributed by atoms with Crippen molar-refractivity contribution in [3.05, 3.63) is 36.0 Å². The normalized spacial score (nSPS) is 22.5. The van der Waals surface area contributed by atoms with Gasteiger partial charge in [0.15, 0.2) is 0 Å². The van der Waals surface area contributed by atoms with E-state index >= 15 is 0 Å². The van der Waals surface area contributed by atoms with Crippen LogP contribution in [0.5, 0.6) is 0 Å². The fourth-order valence-corrected chi connectivity index (χ4v) is 3.38. The Morgan fingerprint density at radius 2 is 2.19 bits per heavy atom. The van der Waals surface area contributed by atoms with Crippen molar-refractivity contribution in [1.29, 1.82) is 0 Å². The highest BCUT2D eigenvalue weighted by atomic mass is 15.3. The van der Waals surface area contributed by atoms with Gasteiger partial charge in [-0.05, 0) is 19.5 Å². The third kappa shape index (κ3) is 2.29. The first kappa shape index (κ1) is 12.8. The van der Waals surface area contributed by atoms with Gasteiger partial charge in [0.05, 0.1) is 11.7 Å². The fourth-order valence-electron chi connectivity index (χ4n) is 3.38. The number of fused-ring (bicyclic) bond motifs is 1. The SMILES string of the molecule is CN1CCc2ncnc(N3CCC(n4cccn4)C3)c2C1. The minimum absolute atomic E-state index is 0.451. The van der Waals surface area contributed by atoms with Crippen molar-refractivity contribution in [2.45, 2.75) is 25.4 Å². The lowest BCUT2D eigenvalue weighted by atomic mass is 10.1. The van der Waals surface area contributed by atoms with Crippen LogP contribution in [0.2, 0.25) is 0 Å². The van der Waals surface area contributed by atoms with Crippen molar-refractivity contribution in [3.63, 3.8) is 0 Å². The second kappa shape index (κ2) is 5.11. The first-order chi connectivity index (χ1) is 10.3. The molecule has 1 atom stereocenters. The van der Waals surface area contributed by atoms with E-state index in [2.05, 4.69) is 42.8 Å². The van der Waals surface area contributed by atoms with Crippen LogP contribution in [0, 0.1) is 0 Å². The predicted octanol–water partition coefficient (Wildman–Crippen LogP) is 1.11. The van der Waals surface area contributed by atoms with Gasteiger partial charge in [-0.3, -0.25) is 4.68 Å². The molecule has 6 nitrogen and oxygen atoms in total. The van der Waals surface area contributed by atoms with Crippen molar-refractivity contribution < 1.29 is 0 Å². The van der Waals surface area contributed by atoms with Gasteiger partial charge in [0.25, 0.3) is 0 Å². The van der Waals surface area contributed by atoms with Gasteiger partial charge >= 0.3 is 0 Å². The fraction of sp³-hybridized carbons (Fsp3) is 0.533. The molecule has 0 N–H and O–H groups in total. The lowest BCUT2D eigenvalue weighted by Gasteiger charge is -2.28. The van der Waals surface area contributed by atoms with Crippen LogP contribution in [-0.2, 0) is 13.0 Å². The number of rotatable bonds is 2. The molecule has 21 heavy (non-hydrogen) atoms. The second-order valence-corrected chi connectivity index (χ2v) is 5.98. The summed E-state index contributed by atoms with van der Waals surface area (Å²) in [5, 5.41) is 4.37. The summed E-state index contributed by atoms with van der Waals surface area (Å²) >= 11 is 0. The van der Waals surface area contributed by atoms with Gasteiger partial charge in [0.2, 0.25) is 0 Å². The van der Waals surface area contributed by atoms with Crippen LogP contribution >= 0.6 is 0 Å². The van der Waals surface area contributed by atoms with E-state index in [1.165, 1.54) is 11.3 Å². The Morgan fingerprint density at radius 3 is 3.05 bits per heavy atom. The van der Waals surface area contributed by atoms with E-state index in [1.807, 2.05) is 12.3 Å². The molecule has 110 valence electrons. The summed E-state index contributed by atoms with van der Waals surface area (Å²) < 4.78 is 2.07. The van der Waals surface area contributed by atoms with Crippen LogP contribution in [-0.4, -0.2) is 51.3 Å². The van der Waals surface area contributed by atoms with Gasteiger partial charge in [-0.2, -0.15) is 5.10 Å². The largest absolute Gasteiger partial charge is 0.354 e. The van der Waals surface area contributed by atoms with Gasteiger partial charge in [-0.15, -0.1) is 0 Å². The van der Waals surface area contributed by atoms with Gasteiger partial charge in [0, 0.05) is 50.6 Å².